The molecule has 0 atom stereocenters. The predicted octanol–water partition coefficient (Wildman–Crippen LogP) is 2.90. The zero-order chi connectivity index (χ0) is 15.6. The van der Waals surface area contributed by atoms with E-state index in [0.29, 0.717) is 12.2 Å². The van der Waals surface area contributed by atoms with E-state index >= 15 is 0 Å². The van der Waals surface area contributed by atoms with E-state index in [1.54, 1.807) is 6.20 Å². The second kappa shape index (κ2) is 6.20. The number of pyridine rings is 1. The van der Waals surface area contributed by atoms with Crippen LogP contribution in [0.3, 0.4) is 0 Å². The molecule has 2 aromatic heterocycles. The molecule has 0 unspecified atom stereocenters. The molecule has 0 bridgehead atoms. The number of aromatic nitrogens is 2. The monoisotopic (exact) mass is 314 g/mol. The Bertz CT molecular complexity index is 687. The Hall–Kier alpha value is -2.08. The van der Waals surface area contributed by atoms with E-state index in [0.717, 1.165) is 37.3 Å². The summed E-state index contributed by atoms with van der Waals surface area (Å²) in [6, 6.07) is 3.73. The van der Waals surface area contributed by atoms with Gasteiger partial charge < -0.3 is 19.4 Å². The molecule has 6 nitrogen and oxygen atoms in total. The minimum atomic E-state index is -0.0389. The Morgan fingerprint density at radius 3 is 2.70 bits per heavy atom. The summed E-state index contributed by atoms with van der Waals surface area (Å²) in [5, 5.41) is 2.96. The van der Waals surface area contributed by atoms with Gasteiger partial charge in [0, 0.05) is 43.4 Å². The van der Waals surface area contributed by atoms with Crippen molar-refractivity contribution in [3.8, 4) is 0 Å². The largest absolute Gasteiger partial charge is 0.375 e. The van der Waals surface area contributed by atoms with Gasteiger partial charge in [0.2, 0.25) is 0 Å². The summed E-state index contributed by atoms with van der Waals surface area (Å²) in [7, 11) is 0. The molecule has 1 N–H and O–H groups in total. The van der Waals surface area contributed by atoms with Gasteiger partial charge in [0.05, 0.1) is 12.2 Å². The number of carbonyl (C=O) groups is 1. The van der Waals surface area contributed by atoms with Gasteiger partial charge in [0.25, 0.3) is 0 Å². The lowest BCUT2D eigenvalue weighted by atomic mass is 9.95. The lowest BCUT2D eigenvalue weighted by molar-refractivity contribution is -0.0694. The van der Waals surface area contributed by atoms with E-state index in [1.165, 1.54) is 19.3 Å². The lowest BCUT2D eigenvalue weighted by Gasteiger charge is -2.36. The third kappa shape index (κ3) is 3.17. The van der Waals surface area contributed by atoms with Gasteiger partial charge in [-0.3, -0.25) is 0 Å². The van der Waals surface area contributed by atoms with Crippen LogP contribution in [0, 0.1) is 0 Å². The first-order chi connectivity index (χ1) is 11.3. The quantitative estimate of drug-likeness (QED) is 0.947. The van der Waals surface area contributed by atoms with Crippen molar-refractivity contribution in [2.75, 3.05) is 18.4 Å². The van der Waals surface area contributed by atoms with Gasteiger partial charge in [-0.1, -0.05) is 0 Å². The second-order valence-corrected chi connectivity index (χ2v) is 6.41. The van der Waals surface area contributed by atoms with Crippen LogP contribution < -0.4 is 5.32 Å². The smallest absolute Gasteiger partial charge is 0.321 e. The molecule has 1 aliphatic heterocycles. The molecule has 2 amide bonds. The Kier molecular flexibility index (Phi) is 3.91. The highest BCUT2D eigenvalue weighted by Crippen LogP contribution is 2.26. The minimum absolute atomic E-state index is 0.0389. The number of imidazole rings is 1. The Morgan fingerprint density at radius 2 is 1.96 bits per heavy atom. The highest BCUT2D eigenvalue weighted by atomic mass is 16.5. The van der Waals surface area contributed by atoms with Crippen LogP contribution >= 0.6 is 0 Å². The standard InChI is InChI=1S/C17H22N4O2/c22-17(19-13-4-8-20-11-7-18-16(20)12-13)21-9-5-15(6-10-21)23-14-2-1-3-14/h4,7-8,11-12,14-15H,1-3,5-6,9-10H2,(H,19,22). The lowest BCUT2D eigenvalue weighted by Crippen LogP contribution is -2.44. The maximum absolute atomic E-state index is 12.4. The van der Waals surface area contributed by atoms with Crippen LogP contribution in [-0.4, -0.2) is 45.6 Å². The molecule has 2 fully saturated rings. The van der Waals surface area contributed by atoms with Crippen molar-refractivity contribution < 1.29 is 9.53 Å². The summed E-state index contributed by atoms with van der Waals surface area (Å²) >= 11 is 0. The summed E-state index contributed by atoms with van der Waals surface area (Å²) in [5.74, 6) is 0. The highest BCUT2D eigenvalue weighted by Gasteiger charge is 2.27. The normalized spacial score (nSPS) is 19.7. The zero-order valence-corrected chi connectivity index (χ0v) is 13.1. The number of amides is 2. The summed E-state index contributed by atoms with van der Waals surface area (Å²) in [5.41, 5.74) is 1.61. The Balaban J connectivity index is 1.30. The van der Waals surface area contributed by atoms with E-state index < -0.39 is 0 Å². The summed E-state index contributed by atoms with van der Waals surface area (Å²) in [4.78, 5) is 18.5. The van der Waals surface area contributed by atoms with Crippen LogP contribution in [0.1, 0.15) is 32.1 Å². The number of hydrogen-bond acceptors (Lipinski definition) is 3. The molecule has 23 heavy (non-hydrogen) atoms. The fraction of sp³-hybridized carbons (Fsp3) is 0.529. The van der Waals surface area contributed by atoms with Crippen molar-refractivity contribution in [3.05, 3.63) is 30.7 Å². The van der Waals surface area contributed by atoms with Gasteiger partial charge in [-0.25, -0.2) is 9.78 Å². The van der Waals surface area contributed by atoms with Crippen LogP contribution in [0.25, 0.3) is 5.65 Å². The number of piperidine rings is 1. The van der Waals surface area contributed by atoms with Crippen molar-refractivity contribution >= 4 is 17.4 Å². The molecule has 4 rings (SSSR count). The number of rotatable bonds is 3. The average Bonchev–Trinajstić information content (AvgIpc) is 2.99. The molecule has 0 aromatic carbocycles. The number of ether oxygens (including phenoxy) is 1. The zero-order valence-electron chi connectivity index (χ0n) is 13.1. The number of carbonyl (C=O) groups excluding carboxylic acids is 1. The van der Waals surface area contributed by atoms with E-state index in [-0.39, 0.29) is 6.03 Å². The van der Waals surface area contributed by atoms with Crippen molar-refractivity contribution in [1.82, 2.24) is 14.3 Å². The number of fused-ring (bicyclic) bond motifs is 1. The molecule has 122 valence electrons. The number of anilines is 1. The summed E-state index contributed by atoms with van der Waals surface area (Å²) in [6.07, 6.45) is 11.9. The fourth-order valence-electron chi connectivity index (χ4n) is 3.16. The van der Waals surface area contributed by atoms with Crippen LogP contribution in [-0.2, 0) is 4.74 Å². The van der Waals surface area contributed by atoms with Gasteiger partial charge in [-0.05, 0) is 38.2 Å². The first-order valence-corrected chi connectivity index (χ1v) is 8.42. The maximum Gasteiger partial charge on any atom is 0.321 e. The van der Waals surface area contributed by atoms with Gasteiger partial charge in [0.15, 0.2) is 0 Å². The molecule has 0 spiro atoms. The third-order valence-electron chi connectivity index (χ3n) is 4.82. The van der Waals surface area contributed by atoms with Crippen LogP contribution in [0.5, 0.6) is 0 Å². The van der Waals surface area contributed by atoms with E-state index in [1.807, 2.05) is 33.8 Å². The van der Waals surface area contributed by atoms with E-state index in [4.69, 9.17) is 4.74 Å². The SMILES string of the molecule is O=C(Nc1ccn2ccnc2c1)N1CCC(OC2CCC2)CC1. The number of hydrogen-bond donors (Lipinski definition) is 1. The highest BCUT2D eigenvalue weighted by molar-refractivity contribution is 5.89. The Labute approximate surface area is 135 Å². The van der Waals surface area contributed by atoms with Crippen LogP contribution in [0.15, 0.2) is 30.7 Å². The number of nitrogens with one attached hydrogen (secondary N) is 1. The molecular weight excluding hydrogens is 292 g/mol. The Morgan fingerprint density at radius 1 is 1.17 bits per heavy atom. The third-order valence-corrected chi connectivity index (χ3v) is 4.82. The van der Waals surface area contributed by atoms with Crippen LogP contribution in [0.4, 0.5) is 10.5 Å². The molecule has 1 aliphatic carbocycles. The average molecular weight is 314 g/mol. The molecule has 0 radical (unpaired) electrons. The maximum atomic E-state index is 12.4. The van der Waals surface area contributed by atoms with E-state index in [2.05, 4.69) is 10.3 Å². The molecule has 1 saturated carbocycles. The number of urea groups is 1. The first kappa shape index (κ1) is 14.5. The topological polar surface area (TPSA) is 58.9 Å². The minimum Gasteiger partial charge on any atom is -0.375 e. The van der Waals surface area contributed by atoms with Crippen LogP contribution in [0.2, 0.25) is 0 Å². The molecular formula is C17H22N4O2. The van der Waals surface area contributed by atoms with Gasteiger partial charge in [0.1, 0.15) is 5.65 Å². The first-order valence-electron chi connectivity index (χ1n) is 8.42. The van der Waals surface area contributed by atoms with E-state index in [9.17, 15) is 4.79 Å². The fourth-order valence-corrected chi connectivity index (χ4v) is 3.16. The molecule has 6 heteroatoms. The summed E-state index contributed by atoms with van der Waals surface area (Å²) in [6.45, 7) is 1.52. The van der Waals surface area contributed by atoms with Gasteiger partial charge >= 0.3 is 6.03 Å². The number of nitrogens with zero attached hydrogens (tertiary/aromatic N) is 3. The number of likely N-dealkylation sites (tertiary alicyclic amines) is 1. The van der Waals surface area contributed by atoms with Gasteiger partial charge in [-0.15, -0.1) is 0 Å². The van der Waals surface area contributed by atoms with Crippen molar-refractivity contribution in [2.24, 2.45) is 0 Å². The second-order valence-electron chi connectivity index (χ2n) is 6.41. The summed E-state index contributed by atoms with van der Waals surface area (Å²) < 4.78 is 7.96. The van der Waals surface area contributed by atoms with Gasteiger partial charge in [-0.2, -0.15) is 0 Å². The molecule has 2 aliphatic rings. The van der Waals surface area contributed by atoms with Crippen molar-refractivity contribution in [3.63, 3.8) is 0 Å². The predicted molar refractivity (Wildman–Crippen MR) is 87.5 cm³/mol. The molecule has 1 saturated heterocycles. The molecule has 3 heterocycles. The van der Waals surface area contributed by atoms with Crippen molar-refractivity contribution in [1.29, 1.82) is 0 Å². The molecule has 2 aromatic rings. The van der Waals surface area contributed by atoms with Crippen molar-refractivity contribution in [2.45, 2.75) is 44.3 Å².